The van der Waals surface area contributed by atoms with Crippen LogP contribution < -0.4 is 0 Å². The van der Waals surface area contributed by atoms with Gasteiger partial charge in [-0.05, 0) is 243 Å². The van der Waals surface area contributed by atoms with Crippen molar-refractivity contribution in [3.63, 3.8) is 0 Å². The van der Waals surface area contributed by atoms with E-state index in [1.807, 2.05) is 0 Å². The Balaban J connectivity index is 0.000000183. The van der Waals surface area contributed by atoms with E-state index in [0.717, 1.165) is 94.7 Å². The third-order valence-electron chi connectivity index (χ3n) is 23.2. The molecule has 0 saturated heterocycles. The molecule has 430 valence electrons. The number of hydrogen-bond acceptors (Lipinski definition) is 0. The summed E-state index contributed by atoms with van der Waals surface area (Å²) in [5.41, 5.74) is 0. The minimum atomic E-state index is 0.835. The molecule has 8 saturated carbocycles. The fourth-order valence-electron chi connectivity index (χ4n) is 18.1. The van der Waals surface area contributed by atoms with Crippen molar-refractivity contribution in [3.05, 3.63) is 37.5 Å². The van der Waals surface area contributed by atoms with Crippen LogP contribution in [0.15, 0.2) is 37.5 Å². The number of allylic oxidation sites excluding steroid dienone is 4. The van der Waals surface area contributed by atoms with Gasteiger partial charge in [-0.3, -0.25) is 0 Å². The van der Waals surface area contributed by atoms with Crippen LogP contribution in [0.5, 0.6) is 0 Å². The highest BCUT2D eigenvalue weighted by molar-refractivity contribution is 4.92. The Morgan fingerprint density at radius 2 is 0.473 bits per heavy atom. The summed E-state index contributed by atoms with van der Waals surface area (Å²) >= 11 is 0. The van der Waals surface area contributed by atoms with Crippen molar-refractivity contribution in [2.24, 2.45) is 94.7 Å². The highest BCUT2D eigenvalue weighted by atomic mass is 14.4. The van der Waals surface area contributed by atoms with Crippen molar-refractivity contribution in [2.45, 2.75) is 337 Å². The van der Waals surface area contributed by atoms with Gasteiger partial charge in [-0.25, -0.2) is 0 Å². The van der Waals surface area contributed by atoms with Crippen molar-refractivity contribution < 1.29 is 0 Å². The molecular weight excluding hydrogens is 889 g/mol. The van der Waals surface area contributed by atoms with Gasteiger partial charge >= 0.3 is 0 Å². The molecule has 0 aliphatic heterocycles. The lowest BCUT2D eigenvalue weighted by Crippen LogP contribution is -2.25. The zero-order valence-electron chi connectivity index (χ0n) is 51.5. The Morgan fingerprint density at radius 1 is 0.257 bits per heavy atom. The van der Waals surface area contributed by atoms with E-state index in [4.69, 9.17) is 0 Å². The van der Waals surface area contributed by atoms with E-state index < -0.39 is 0 Å². The number of rotatable bonds is 21. The van der Waals surface area contributed by atoms with Crippen molar-refractivity contribution in [1.82, 2.24) is 0 Å². The lowest BCUT2D eigenvalue weighted by atomic mass is 9.68. The van der Waals surface area contributed by atoms with E-state index in [1.165, 1.54) is 218 Å². The average molecular weight is 1020 g/mol. The number of unbranched alkanes of at least 4 members (excludes halogenated alkanes) is 4. The molecule has 8 fully saturated rings. The Hall–Kier alpha value is -0.780. The largest absolute Gasteiger partial charge is 0.103 e. The second-order valence-electron chi connectivity index (χ2n) is 28.3. The molecule has 0 amide bonds. The SMILES string of the molecule is C/C=C/C1CCC(C2CCC(CCC)CC2)CC1.C=CC1CCC(C2CCC(CCC)CC2)CC1.C=CC1CCC(C2CCC(CCCCC)CC2)CC1.CCCCCC1CCC(C2CCC(CCC)CC2)CC1. The van der Waals surface area contributed by atoms with Crippen LogP contribution in [0.25, 0.3) is 0 Å². The molecule has 8 rings (SSSR count). The molecule has 0 N–H and O–H groups in total. The smallest absolute Gasteiger partial charge is 0.0233 e. The van der Waals surface area contributed by atoms with Crippen LogP contribution in [0.2, 0.25) is 0 Å². The molecule has 0 nitrogen and oxygen atoms in total. The average Bonchev–Trinajstić information content (AvgIpc) is 3.45. The number of hydrogen-bond donors (Lipinski definition) is 0. The van der Waals surface area contributed by atoms with E-state index in [-0.39, 0.29) is 0 Å². The third kappa shape index (κ3) is 23.9. The summed E-state index contributed by atoms with van der Waals surface area (Å²) in [6, 6.07) is 0. The molecule has 0 heterocycles. The van der Waals surface area contributed by atoms with Crippen LogP contribution in [0, 0.1) is 94.7 Å². The maximum absolute atomic E-state index is 3.97. The summed E-state index contributed by atoms with van der Waals surface area (Å²) in [6.07, 6.45) is 77.9. The van der Waals surface area contributed by atoms with Gasteiger partial charge in [0.25, 0.3) is 0 Å². The molecule has 0 aromatic heterocycles. The molecule has 8 aliphatic rings. The maximum atomic E-state index is 3.97. The summed E-state index contributed by atoms with van der Waals surface area (Å²) in [5, 5.41) is 0. The first kappa shape index (κ1) is 64.0. The fourth-order valence-corrected chi connectivity index (χ4v) is 18.1. The van der Waals surface area contributed by atoms with Gasteiger partial charge in [0.2, 0.25) is 0 Å². The molecule has 0 heteroatoms. The Bertz CT molecular complexity index is 1340. The molecule has 0 radical (unpaired) electrons. The lowest BCUT2D eigenvalue weighted by molar-refractivity contribution is 0.140. The van der Waals surface area contributed by atoms with Gasteiger partial charge in [0.1, 0.15) is 0 Å². The Labute approximate surface area is 466 Å². The quantitative estimate of drug-likeness (QED) is 0.0794. The zero-order chi connectivity index (χ0) is 52.6. The van der Waals surface area contributed by atoms with Crippen LogP contribution in [-0.4, -0.2) is 0 Å². The highest BCUT2D eigenvalue weighted by Crippen LogP contribution is 2.46. The fraction of sp³-hybridized carbons (Fsp3) is 0.919. The lowest BCUT2D eigenvalue weighted by Gasteiger charge is -2.38. The van der Waals surface area contributed by atoms with E-state index >= 15 is 0 Å². The standard InChI is InChI=1S/C20H38.C19H34.C18H32.C17H30/c1-3-5-6-8-18-11-15-20(16-12-18)19-13-9-17(7-4-2)10-14-19;1-3-5-6-7-17-10-14-19(15-11-17)18-12-8-16(4-2)9-13-18;1-3-5-15-7-11-17(12-8-15)18-13-9-16(6-4-2)10-14-18;1-3-5-15-8-12-17(13-9-15)16-10-6-14(4-2)7-11-16/h17-20H,3-16H2,1-2H3;4,16-19H,2-3,5-15H2,1H3;3,5,15-18H,4,6-14H2,1-2H3;4,14-17H,2-3,5-13H2,1H3/b;;5-3+;. The monoisotopic (exact) mass is 1020 g/mol. The second-order valence-corrected chi connectivity index (χ2v) is 28.3. The van der Waals surface area contributed by atoms with Crippen LogP contribution in [-0.2, 0) is 0 Å². The molecule has 8 aliphatic carbocycles. The minimum Gasteiger partial charge on any atom is -0.103 e. The zero-order valence-corrected chi connectivity index (χ0v) is 51.5. The maximum Gasteiger partial charge on any atom is -0.0233 e. The normalized spacial score (nSPS) is 36.9. The second kappa shape index (κ2) is 38.8. The Morgan fingerprint density at radius 3 is 0.676 bits per heavy atom. The first-order valence-corrected chi connectivity index (χ1v) is 35.2. The predicted octanol–water partition coefficient (Wildman–Crippen LogP) is 24.9. The van der Waals surface area contributed by atoms with Crippen molar-refractivity contribution >= 4 is 0 Å². The van der Waals surface area contributed by atoms with Gasteiger partial charge in [0.05, 0.1) is 0 Å². The van der Waals surface area contributed by atoms with Crippen LogP contribution in [0.1, 0.15) is 337 Å². The summed E-state index contributed by atoms with van der Waals surface area (Å²) in [5.74, 6) is 16.6. The highest BCUT2D eigenvalue weighted by Gasteiger charge is 2.34. The van der Waals surface area contributed by atoms with Gasteiger partial charge in [0.15, 0.2) is 0 Å². The van der Waals surface area contributed by atoms with E-state index in [9.17, 15) is 0 Å². The van der Waals surface area contributed by atoms with Gasteiger partial charge in [-0.1, -0.05) is 213 Å². The van der Waals surface area contributed by atoms with E-state index in [2.05, 4.69) is 79.0 Å². The predicted molar refractivity (Wildman–Crippen MR) is 332 cm³/mol. The topological polar surface area (TPSA) is 0 Å². The molecule has 74 heavy (non-hydrogen) atoms. The van der Waals surface area contributed by atoms with Crippen LogP contribution >= 0.6 is 0 Å². The molecule has 0 aromatic rings. The molecule has 0 aromatic carbocycles. The molecule has 0 atom stereocenters. The summed E-state index contributed by atoms with van der Waals surface area (Å²) < 4.78 is 0. The molecule has 0 spiro atoms. The van der Waals surface area contributed by atoms with Gasteiger partial charge < -0.3 is 0 Å². The van der Waals surface area contributed by atoms with E-state index in [0.29, 0.717) is 0 Å². The molecule has 0 unspecified atom stereocenters. The summed E-state index contributed by atoms with van der Waals surface area (Å²) in [7, 11) is 0. The first-order chi connectivity index (χ1) is 36.3. The molecular formula is C74H134. The Kier molecular flexibility index (Phi) is 33.5. The summed E-state index contributed by atoms with van der Waals surface area (Å²) in [4.78, 5) is 0. The van der Waals surface area contributed by atoms with Crippen LogP contribution in [0.4, 0.5) is 0 Å². The van der Waals surface area contributed by atoms with Crippen molar-refractivity contribution in [1.29, 1.82) is 0 Å². The molecule has 0 bridgehead atoms. The first-order valence-electron chi connectivity index (χ1n) is 35.2. The van der Waals surface area contributed by atoms with Crippen molar-refractivity contribution in [3.8, 4) is 0 Å². The minimum absolute atomic E-state index is 0.835. The van der Waals surface area contributed by atoms with Crippen LogP contribution in [0.3, 0.4) is 0 Å². The van der Waals surface area contributed by atoms with Gasteiger partial charge in [0, 0.05) is 0 Å². The third-order valence-corrected chi connectivity index (χ3v) is 23.2. The van der Waals surface area contributed by atoms with Gasteiger partial charge in [-0.15, -0.1) is 13.2 Å². The summed E-state index contributed by atoms with van der Waals surface area (Å²) in [6.45, 7) is 21.8. The van der Waals surface area contributed by atoms with E-state index in [1.54, 1.807) is 77.0 Å². The van der Waals surface area contributed by atoms with Gasteiger partial charge in [-0.2, -0.15) is 0 Å². The van der Waals surface area contributed by atoms with Crippen molar-refractivity contribution in [2.75, 3.05) is 0 Å².